The summed E-state index contributed by atoms with van der Waals surface area (Å²) in [4.78, 5) is 23.2. The normalized spacial score (nSPS) is 17.9. The topological polar surface area (TPSA) is 105 Å². The number of carbonyl (C=O) groups excluding carboxylic acids is 2. The molecule has 1 heterocycles. The molecule has 0 unspecified atom stereocenters. The van der Waals surface area contributed by atoms with E-state index in [2.05, 4.69) is 15.4 Å². The number of hydrogen-bond donors (Lipinski definition) is 2. The first-order valence-corrected chi connectivity index (χ1v) is 9.48. The molecule has 8 nitrogen and oxygen atoms in total. The van der Waals surface area contributed by atoms with Crippen LogP contribution in [0.4, 0.5) is 4.79 Å². The predicted molar refractivity (Wildman–Crippen MR) is 91.3 cm³/mol. The molecule has 1 fully saturated rings. The molecule has 0 aliphatic carbocycles. The highest BCUT2D eigenvalue weighted by Gasteiger charge is 2.36. The third-order valence-electron chi connectivity index (χ3n) is 3.97. The Bertz CT molecular complexity index is 718. The van der Waals surface area contributed by atoms with E-state index in [1.54, 1.807) is 24.3 Å². The third-order valence-corrected chi connectivity index (χ3v) is 5.89. The number of esters is 1. The lowest BCUT2D eigenvalue weighted by atomic mass is 10.2. The summed E-state index contributed by atoms with van der Waals surface area (Å²) >= 11 is 0. The van der Waals surface area contributed by atoms with Gasteiger partial charge in [-0.1, -0.05) is 17.7 Å². The van der Waals surface area contributed by atoms with Crippen LogP contribution in [-0.4, -0.2) is 51.1 Å². The van der Waals surface area contributed by atoms with Gasteiger partial charge in [0, 0.05) is 13.1 Å². The molecule has 0 radical (unpaired) electrons. The van der Waals surface area contributed by atoms with Crippen molar-refractivity contribution >= 4 is 22.0 Å². The molecule has 1 saturated heterocycles. The minimum Gasteiger partial charge on any atom is -0.469 e. The van der Waals surface area contributed by atoms with Crippen LogP contribution >= 0.6 is 0 Å². The fourth-order valence-electron chi connectivity index (χ4n) is 2.60. The first kappa shape index (κ1) is 19.2. The molecule has 25 heavy (non-hydrogen) atoms. The summed E-state index contributed by atoms with van der Waals surface area (Å²) in [7, 11) is -2.40. The summed E-state index contributed by atoms with van der Waals surface area (Å²) in [6, 6.07) is 6.10. The van der Waals surface area contributed by atoms with Gasteiger partial charge in [-0.25, -0.2) is 13.2 Å². The van der Waals surface area contributed by atoms with Crippen LogP contribution in [-0.2, 0) is 19.6 Å². The summed E-state index contributed by atoms with van der Waals surface area (Å²) in [6.45, 7) is 2.36. The third kappa shape index (κ3) is 4.93. The SMILES string of the molecule is COC(=O)CCNC(=O)N[C@H]1CCCN1S(=O)(=O)c1ccc(C)cc1. The minimum absolute atomic E-state index is 0.0555. The van der Waals surface area contributed by atoms with E-state index in [4.69, 9.17) is 0 Å². The number of sulfonamides is 1. The number of nitrogens with one attached hydrogen (secondary N) is 2. The number of methoxy groups -OCH3 is 1. The largest absolute Gasteiger partial charge is 0.469 e. The summed E-state index contributed by atoms with van der Waals surface area (Å²) < 4.78 is 31.3. The lowest BCUT2D eigenvalue weighted by Gasteiger charge is -2.25. The van der Waals surface area contributed by atoms with Crippen molar-refractivity contribution in [2.24, 2.45) is 0 Å². The zero-order chi connectivity index (χ0) is 18.4. The van der Waals surface area contributed by atoms with Gasteiger partial charge in [0.15, 0.2) is 0 Å². The van der Waals surface area contributed by atoms with E-state index in [1.165, 1.54) is 11.4 Å². The van der Waals surface area contributed by atoms with Gasteiger partial charge in [-0.3, -0.25) is 4.79 Å². The molecule has 1 aromatic rings. The van der Waals surface area contributed by atoms with Crippen molar-refractivity contribution in [3.05, 3.63) is 29.8 Å². The highest BCUT2D eigenvalue weighted by molar-refractivity contribution is 7.89. The van der Waals surface area contributed by atoms with Crippen molar-refractivity contribution in [1.82, 2.24) is 14.9 Å². The van der Waals surface area contributed by atoms with Crippen LogP contribution in [0.15, 0.2) is 29.2 Å². The van der Waals surface area contributed by atoms with E-state index in [-0.39, 0.29) is 17.9 Å². The molecular formula is C16H23N3O5S. The van der Waals surface area contributed by atoms with Crippen LogP contribution in [0.1, 0.15) is 24.8 Å². The Morgan fingerprint density at radius 1 is 1.28 bits per heavy atom. The molecule has 1 aromatic carbocycles. The standard InChI is InChI=1S/C16H23N3O5S/c1-12-5-7-13(8-6-12)25(22,23)19-11-3-4-14(19)18-16(21)17-10-9-15(20)24-2/h5-8,14H,3-4,9-11H2,1-2H3,(H2,17,18,21)/t14-/m1/s1. The van der Waals surface area contributed by atoms with Gasteiger partial charge >= 0.3 is 12.0 Å². The summed E-state index contributed by atoms with van der Waals surface area (Å²) in [5, 5.41) is 5.17. The van der Waals surface area contributed by atoms with E-state index < -0.39 is 28.2 Å². The first-order chi connectivity index (χ1) is 11.8. The quantitative estimate of drug-likeness (QED) is 0.727. The summed E-state index contributed by atoms with van der Waals surface area (Å²) in [5.74, 6) is -0.426. The molecule has 2 N–H and O–H groups in total. The second-order valence-electron chi connectivity index (χ2n) is 5.81. The number of aryl methyl sites for hydroxylation is 1. The van der Waals surface area contributed by atoms with Crippen molar-refractivity contribution in [1.29, 1.82) is 0 Å². The minimum atomic E-state index is -3.67. The number of amides is 2. The monoisotopic (exact) mass is 369 g/mol. The lowest BCUT2D eigenvalue weighted by molar-refractivity contribution is -0.140. The molecule has 0 spiro atoms. The van der Waals surface area contributed by atoms with Gasteiger partial charge in [0.2, 0.25) is 10.0 Å². The molecule has 2 rings (SSSR count). The Balaban J connectivity index is 1.98. The summed E-state index contributed by atoms with van der Waals surface area (Å²) in [5.41, 5.74) is 0.972. The molecule has 0 saturated carbocycles. The molecular weight excluding hydrogens is 346 g/mol. The molecule has 138 valence electrons. The predicted octanol–water partition coefficient (Wildman–Crippen LogP) is 0.968. The van der Waals surface area contributed by atoms with Gasteiger partial charge in [-0.2, -0.15) is 4.31 Å². The molecule has 1 atom stereocenters. The van der Waals surface area contributed by atoms with E-state index in [1.807, 2.05) is 6.92 Å². The maximum Gasteiger partial charge on any atom is 0.316 e. The van der Waals surface area contributed by atoms with Crippen LogP contribution in [0, 0.1) is 6.92 Å². The number of hydrogen-bond acceptors (Lipinski definition) is 5. The van der Waals surface area contributed by atoms with Crippen molar-refractivity contribution in [2.75, 3.05) is 20.2 Å². The maximum atomic E-state index is 12.8. The van der Waals surface area contributed by atoms with Crippen LogP contribution in [0.2, 0.25) is 0 Å². The number of carbonyl (C=O) groups is 2. The number of ether oxygens (including phenoxy) is 1. The second-order valence-corrected chi connectivity index (χ2v) is 7.70. The first-order valence-electron chi connectivity index (χ1n) is 8.04. The van der Waals surface area contributed by atoms with Gasteiger partial charge in [0.1, 0.15) is 0 Å². The zero-order valence-corrected chi connectivity index (χ0v) is 15.1. The van der Waals surface area contributed by atoms with Gasteiger partial charge < -0.3 is 15.4 Å². The van der Waals surface area contributed by atoms with Gasteiger partial charge in [0.25, 0.3) is 0 Å². The molecule has 9 heteroatoms. The maximum absolute atomic E-state index is 12.8. The number of benzene rings is 1. The molecule has 0 aromatic heterocycles. The summed E-state index contributed by atoms with van der Waals surface area (Å²) in [6.07, 6.45) is 0.651. The van der Waals surface area contributed by atoms with Gasteiger partial charge in [-0.15, -0.1) is 0 Å². The van der Waals surface area contributed by atoms with Crippen LogP contribution in [0.25, 0.3) is 0 Å². The Kier molecular flexibility index (Phi) is 6.38. The highest BCUT2D eigenvalue weighted by atomic mass is 32.2. The highest BCUT2D eigenvalue weighted by Crippen LogP contribution is 2.24. The average Bonchev–Trinajstić information content (AvgIpc) is 3.04. The smallest absolute Gasteiger partial charge is 0.316 e. The van der Waals surface area contributed by atoms with Crippen LogP contribution in [0.3, 0.4) is 0 Å². The van der Waals surface area contributed by atoms with E-state index in [0.717, 1.165) is 5.56 Å². The molecule has 0 bridgehead atoms. The molecule has 2 amide bonds. The fourth-order valence-corrected chi connectivity index (χ4v) is 4.21. The Morgan fingerprint density at radius 2 is 1.96 bits per heavy atom. The number of nitrogens with zero attached hydrogens (tertiary/aromatic N) is 1. The van der Waals surface area contributed by atoms with Crippen LogP contribution < -0.4 is 10.6 Å². The van der Waals surface area contributed by atoms with E-state index >= 15 is 0 Å². The Hall–Kier alpha value is -2.13. The van der Waals surface area contributed by atoms with E-state index in [0.29, 0.717) is 19.4 Å². The van der Waals surface area contributed by atoms with Gasteiger partial charge in [-0.05, 0) is 31.9 Å². The second kappa shape index (κ2) is 8.30. The lowest BCUT2D eigenvalue weighted by Crippen LogP contribution is -2.50. The van der Waals surface area contributed by atoms with Crippen molar-refractivity contribution < 1.29 is 22.7 Å². The number of rotatable bonds is 6. The van der Waals surface area contributed by atoms with Crippen LogP contribution in [0.5, 0.6) is 0 Å². The Morgan fingerprint density at radius 3 is 2.60 bits per heavy atom. The molecule has 1 aliphatic rings. The van der Waals surface area contributed by atoms with E-state index in [9.17, 15) is 18.0 Å². The Labute approximate surface area is 147 Å². The van der Waals surface area contributed by atoms with Gasteiger partial charge in [0.05, 0.1) is 24.6 Å². The fraction of sp³-hybridized carbons (Fsp3) is 0.500. The molecule has 1 aliphatic heterocycles. The van der Waals surface area contributed by atoms with Crippen molar-refractivity contribution in [2.45, 2.75) is 37.2 Å². The zero-order valence-electron chi connectivity index (χ0n) is 14.3. The van der Waals surface area contributed by atoms with Crippen molar-refractivity contribution in [3.63, 3.8) is 0 Å². The van der Waals surface area contributed by atoms with Crippen molar-refractivity contribution in [3.8, 4) is 0 Å². The number of urea groups is 1. The average molecular weight is 369 g/mol.